The Morgan fingerprint density at radius 3 is 2.65 bits per heavy atom. The quantitative estimate of drug-likeness (QED) is 0.836. The predicted molar refractivity (Wildman–Crippen MR) is 88.5 cm³/mol. The number of hydrogen-bond acceptors (Lipinski definition) is 3. The largest absolute Gasteiger partial charge is 0.497 e. The minimum Gasteiger partial charge on any atom is -0.497 e. The number of carbonyl (C=O) groups excluding carboxylic acids is 2. The summed E-state index contributed by atoms with van der Waals surface area (Å²) < 4.78 is 5.13. The van der Waals surface area contributed by atoms with Gasteiger partial charge in [0.2, 0.25) is 5.91 Å². The number of benzene rings is 1. The third-order valence-corrected chi connectivity index (χ3v) is 3.80. The van der Waals surface area contributed by atoms with Crippen LogP contribution < -0.4 is 15.4 Å². The monoisotopic (exact) mass is 319 g/mol. The Labute approximate surface area is 137 Å². The summed E-state index contributed by atoms with van der Waals surface area (Å²) >= 11 is 0. The molecule has 6 heteroatoms. The van der Waals surface area contributed by atoms with Gasteiger partial charge in [-0.05, 0) is 38.0 Å². The van der Waals surface area contributed by atoms with Crippen LogP contribution in [-0.2, 0) is 11.2 Å². The Bertz CT molecular complexity index is 543. The minimum absolute atomic E-state index is 0.0817. The second kappa shape index (κ2) is 7.85. The topological polar surface area (TPSA) is 70.7 Å². The molecule has 0 radical (unpaired) electrons. The summed E-state index contributed by atoms with van der Waals surface area (Å²) in [5.74, 6) is 0.916. The van der Waals surface area contributed by atoms with Gasteiger partial charge >= 0.3 is 6.03 Å². The van der Waals surface area contributed by atoms with Crippen LogP contribution in [-0.4, -0.2) is 49.1 Å². The van der Waals surface area contributed by atoms with Crippen LogP contribution in [0.3, 0.4) is 0 Å². The van der Waals surface area contributed by atoms with Crippen molar-refractivity contribution in [1.82, 2.24) is 15.5 Å². The maximum atomic E-state index is 12.0. The van der Waals surface area contributed by atoms with Crippen molar-refractivity contribution < 1.29 is 14.3 Å². The van der Waals surface area contributed by atoms with Crippen LogP contribution in [0.4, 0.5) is 4.79 Å². The molecule has 1 aromatic rings. The number of rotatable bonds is 6. The van der Waals surface area contributed by atoms with Crippen molar-refractivity contribution in [1.29, 1.82) is 0 Å². The lowest BCUT2D eigenvalue weighted by Crippen LogP contribution is -2.45. The number of ether oxygens (including phenoxy) is 1. The van der Waals surface area contributed by atoms with E-state index in [1.165, 1.54) is 0 Å². The van der Waals surface area contributed by atoms with Crippen LogP contribution in [0.5, 0.6) is 5.75 Å². The Balaban J connectivity index is 1.79. The second-order valence-corrected chi connectivity index (χ2v) is 6.11. The maximum Gasteiger partial charge on any atom is 0.315 e. The van der Waals surface area contributed by atoms with Gasteiger partial charge in [0.15, 0.2) is 0 Å². The van der Waals surface area contributed by atoms with Crippen molar-refractivity contribution in [2.45, 2.75) is 38.8 Å². The van der Waals surface area contributed by atoms with Crippen molar-refractivity contribution in [2.24, 2.45) is 0 Å². The minimum atomic E-state index is -0.213. The van der Waals surface area contributed by atoms with Crippen molar-refractivity contribution >= 4 is 11.9 Å². The molecular weight excluding hydrogens is 294 g/mol. The van der Waals surface area contributed by atoms with Crippen molar-refractivity contribution in [3.63, 3.8) is 0 Å². The molecule has 1 aromatic carbocycles. The van der Waals surface area contributed by atoms with Gasteiger partial charge in [-0.2, -0.15) is 0 Å². The highest BCUT2D eigenvalue weighted by atomic mass is 16.5. The third-order valence-electron chi connectivity index (χ3n) is 3.80. The molecule has 2 N–H and O–H groups in total. The first-order valence-corrected chi connectivity index (χ1v) is 7.95. The molecule has 1 fully saturated rings. The first kappa shape index (κ1) is 17.1. The first-order valence-electron chi connectivity index (χ1n) is 7.95. The van der Waals surface area contributed by atoms with E-state index in [0.29, 0.717) is 19.5 Å². The van der Waals surface area contributed by atoms with Crippen LogP contribution in [0.15, 0.2) is 24.3 Å². The van der Waals surface area contributed by atoms with E-state index >= 15 is 0 Å². The standard InChI is InChI=1S/C17H25N3O3/c1-12(2)18-17(22)19-14-10-16(21)20(11-14)9-8-13-4-6-15(23-3)7-5-13/h4-7,12,14H,8-11H2,1-3H3,(H2,18,19,22)/t14-/m0/s1. The molecular formula is C17H25N3O3. The second-order valence-electron chi connectivity index (χ2n) is 6.11. The van der Waals surface area contributed by atoms with Gasteiger partial charge in [-0.3, -0.25) is 4.79 Å². The summed E-state index contributed by atoms with van der Waals surface area (Å²) in [6.07, 6.45) is 1.16. The molecule has 0 aliphatic carbocycles. The van der Waals surface area contributed by atoms with Gasteiger partial charge in [0, 0.05) is 25.6 Å². The summed E-state index contributed by atoms with van der Waals surface area (Å²) in [5.41, 5.74) is 1.16. The fourth-order valence-electron chi connectivity index (χ4n) is 2.63. The number of nitrogens with zero attached hydrogens (tertiary/aromatic N) is 1. The molecule has 1 aliphatic rings. The SMILES string of the molecule is COc1ccc(CCN2C[C@@H](NC(=O)NC(C)C)CC2=O)cc1. The van der Waals surface area contributed by atoms with E-state index in [1.807, 2.05) is 43.0 Å². The molecule has 126 valence electrons. The molecule has 0 bridgehead atoms. The first-order chi connectivity index (χ1) is 11.0. The fraction of sp³-hybridized carbons (Fsp3) is 0.529. The summed E-state index contributed by atoms with van der Waals surface area (Å²) in [5, 5.41) is 5.63. The van der Waals surface area contributed by atoms with E-state index in [0.717, 1.165) is 17.7 Å². The van der Waals surface area contributed by atoms with Crippen LogP contribution >= 0.6 is 0 Å². The molecule has 0 aromatic heterocycles. The van der Waals surface area contributed by atoms with Crippen molar-refractivity contribution in [3.8, 4) is 5.75 Å². The van der Waals surface area contributed by atoms with Gasteiger partial charge < -0.3 is 20.3 Å². The van der Waals surface area contributed by atoms with Crippen LogP contribution in [0.25, 0.3) is 0 Å². The van der Waals surface area contributed by atoms with Gasteiger partial charge in [-0.1, -0.05) is 12.1 Å². The van der Waals surface area contributed by atoms with Gasteiger partial charge in [0.25, 0.3) is 0 Å². The average Bonchev–Trinajstić information content (AvgIpc) is 2.84. The molecule has 3 amide bonds. The lowest BCUT2D eigenvalue weighted by molar-refractivity contribution is -0.127. The highest BCUT2D eigenvalue weighted by Gasteiger charge is 2.30. The maximum absolute atomic E-state index is 12.0. The molecule has 2 rings (SSSR count). The summed E-state index contributed by atoms with van der Waals surface area (Å²) in [6.45, 7) is 5.04. The van der Waals surface area contributed by atoms with Crippen molar-refractivity contribution in [3.05, 3.63) is 29.8 Å². The molecule has 1 aliphatic heterocycles. The lowest BCUT2D eigenvalue weighted by Gasteiger charge is -2.18. The average molecular weight is 319 g/mol. The zero-order chi connectivity index (χ0) is 16.8. The summed E-state index contributed by atoms with van der Waals surface area (Å²) in [7, 11) is 1.64. The van der Waals surface area contributed by atoms with Crippen molar-refractivity contribution in [2.75, 3.05) is 20.2 Å². The number of amides is 3. The van der Waals surface area contributed by atoms with Gasteiger partial charge in [0.05, 0.1) is 13.2 Å². The zero-order valence-electron chi connectivity index (χ0n) is 14.0. The molecule has 1 heterocycles. The van der Waals surface area contributed by atoms with Gasteiger partial charge in [0.1, 0.15) is 5.75 Å². The van der Waals surface area contributed by atoms with Crippen LogP contribution in [0.2, 0.25) is 0 Å². The number of carbonyl (C=O) groups is 2. The van der Waals surface area contributed by atoms with E-state index in [9.17, 15) is 9.59 Å². The Morgan fingerprint density at radius 2 is 2.04 bits per heavy atom. The number of urea groups is 1. The zero-order valence-corrected chi connectivity index (χ0v) is 14.0. The Morgan fingerprint density at radius 1 is 1.35 bits per heavy atom. The van der Waals surface area contributed by atoms with Gasteiger partial charge in [-0.15, -0.1) is 0 Å². The Kier molecular flexibility index (Phi) is 5.84. The predicted octanol–water partition coefficient (Wildman–Crippen LogP) is 1.55. The molecule has 1 atom stereocenters. The normalized spacial score (nSPS) is 17.5. The molecule has 0 unspecified atom stereocenters. The van der Waals surface area contributed by atoms with E-state index < -0.39 is 0 Å². The van der Waals surface area contributed by atoms with E-state index in [4.69, 9.17) is 4.74 Å². The van der Waals surface area contributed by atoms with E-state index in [2.05, 4.69) is 10.6 Å². The smallest absolute Gasteiger partial charge is 0.315 e. The molecule has 0 spiro atoms. The lowest BCUT2D eigenvalue weighted by atomic mass is 10.1. The molecule has 0 saturated carbocycles. The fourth-order valence-corrected chi connectivity index (χ4v) is 2.63. The number of likely N-dealkylation sites (tertiary alicyclic amines) is 1. The van der Waals surface area contributed by atoms with Crippen LogP contribution in [0, 0.1) is 0 Å². The third kappa shape index (κ3) is 5.16. The van der Waals surface area contributed by atoms with Crippen LogP contribution in [0.1, 0.15) is 25.8 Å². The van der Waals surface area contributed by atoms with E-state index in [1.54, 1.807) is 7.11 Å². The van der Waals surface area contributed by atoms with E-state index in [-0.39, 0.29) is 24.0 Å². The Hall–Kier alpha value is -2.24. The summed E-state index contributed by atoms with van der Waals surface area (Å²) in [6, 6.07) is 7.60. The molecule has 23 heavy (non-hydrogen) atoms. The number of methoxy groups -OCH3 is 1. The molecule has 1 saturated heterocycles. The highest BCUT2D eigenvalue weighted by Crippen LogP contribution is 2.15. The number of hydrogen-bond donors (Lipinski definition) is 2. The highest BCUT2D eigenvalue weighted by molar-refractivity contribution is 5.81. The number of nitrogens with one attached hydrogen (secondary N) is 2. The molecule has 6 nitrogen and oxygen atoms in total. The van der Waals surface area contributed by atoms with Gasteiger partial charge in [-0.25, -0.2) is 4.79 Å². The summed E-state index contributed by atoms with van der Waals surface area (Å²) in [4.78, 5) is 25.6.